The molecule has 2 saturated heterocycles. The van der Waals surface area contributed by atoms with Crippen LogP contribution in [0.15, 0.2) is 94.9 Å². The molecule has 18 heteroatoms. The number of ether oxygens (including phenoxy) is 10. The lowest BCUT2D eigenvalue weighted by Gasteiger charge is -2.47. The molecule has 4 aliphatic heterocycles. The summed E-state index contributed by atoms with van der Waals surface area (Å²) < 4.78 is 53.0. The van der Waals surface area contributed by atoms with E-state index in [1.807, 2.05) is 0 Å². The van der Waals surface area contributed by atoms with Gasteiger partial charge in [0.2, 0.25) is 0 Å². The van der Waals surface area contributed by atoms with Crippen LogP contribution >= 0.6 is 0 Å². The second-order valence-electron chi connectivity index (χ2n) is 12.7. The topological polar surface area (TPSA) is 235 Å². The number of aliphatic hydroxyl groups is 2. The number of cyclic esters (lactones) is 2. The highest BCUT2D eigenvalue weighted by Crippen LogP contribution is 2.46. The lowest BCUT2D eigenvalue weighted by atomic mass is 9.87. The van der Waals surface area contributed by atoms with E-state index in [1.165, 1.54) is 69.8 Å². The van der Waals surface area contributed by atoms with Crippen molar-refractivity contribution in [1.29, 1.82) is 0 Å². The van der Waals surface area contributed by atoms with Gasteiger partial charge in [-0.15, -0.1) is 0 Å². The van der Waals surface area contributed by atoms with Crippen LogP contribution in [0, 0.1) is 0 Å². The van der Waals surface area contributed by atoms with Crippen molar-refractivity contribution in [3.05, 3.63) is 94.9 Å². The van der Waals surface area contributed by atoms with Crippen molar-refractivity contribution in [3.63, 3.8) is 0 Å². The zero-order valence-corrected chi connectivity index (χ0v) is 30.1. The molecule has 2 N–H and O–H groups in total. The highest BCUT2D eigenvalue weighted by atomic mass is 16.8. The first-order valence-corrected chi connectivity index (χ1v) is 16.8. The van der Waals surface area contributed by atoms with Gasteiger partial charge in [-0.3, -0.25) is 0 Å². The molecule has 2 unspecified atom stereocenters. The fourth-order valence-electron chi connectivity index (χ4n) is 5.98. The van der Waals surface area contributed by atoms with Gasteiger partial charge in [-0.1, -0.05) is 43.4 Å². The van der Waals surface area contributed by atoms with Crippen molar-refractivity contribution in [2.45, 2.75) is 69.1 Å². The van der Waals surface area contributed by atoms with E-state index in [1.54, 1.807) is 6.92 Å². The van der Waals surface area contributed by atoms with E-state index in [4.69, 9.17) is 47.4 Å². The molecule has 4 heterocycles. The molecule has 294 valence electrons. The summed E-state index contributed by atoms with van der Waals surface area (Å²) >= 11 is 0. The maximum absolute atomic E-state index is 13.0. The number of methoxy groups -OCH3 is 2. The second kappa shape index (κ2) is 16.1. The number of hydrogen-bond acceptors (Lipinski definition) is 18. The molecule has 0 aromatic rings. The predicted molar refractivity (Wildman–Crippen MR) is 180 cm³/mol. The van der Waals surface area contributed by atoms with Crippen molar-refractivity contribution in [2.24, 2.45) is 0 Å². The Labute approximate surface area is 313 Å². The number of carbonyl (C=O) groups is 6. The van der Waals surface area contributed by atoms with Crippen molar-refractivity contribution in [2.75, 3.05) is 27.4 Å². The molecule has 0 bridgehead atoms. The molecule has 2 spiro atoms. The van der Waals surface area contributed by atoms with Crippen molar-refractivity contribution in [1.82, 2.24) is 0 Å². The molecule has 1 saturated carbocycles. The van der Waals surface area contributed by atoms with Crippen LogP contribution in [-0.2, 0) is 76.1 Å². The van der Waals surface area contributed by atoms with E-state index in [0.29, 0.717) is 0 Å². The zero-order valence-electron chi connectivity index (χ0n) is 30.1. The molecule has 2 atom stereocenters. The Balaban J connectivity index is 1.19. The van der Waals surface area contributed by atoms with Gasteiger partial charge in [0.25, 0.3) is 35.0 Å². The van der Waals surface area contributed by atoms with Crippen LogP contribution in [0.25, 0.3) is 0 Å². The lowest BCUT2D eigenvalue weighted by Crippen LogP contribution is -2.58. The Morgan fingerprint density at radius 1 is 0.582 bits per heavy atom. The van der Waals surface area contributed by atoms with Gasteiger partial charge >= 0.3 is 35.8 Å². The maximum Gasteiger partial charge on any atom is 0.348 e. The summed E-state index contributed by atoms with van der Waals surface area (Å²) in [4.78, 5) is 76.6. The van der Waals surface area contributed by atoms with Crippen molar-refractivity contribution in [3.8, 4) is 0 Å². The first-order valence-electron chi connectivity index (χ1n) is 16.8. The average Bonchev–Trinajstić information content (AvgIpc) is 3.08. The van der Waals surface area contributed by atoms with Crippen LogP contribution in [0.2, 0.25) is 0 Å². The summed E-state index contributed by atoms with van der Waals surface area (Å²) in [6, 6.07) is 0. The number of carbonyl (C=O) groups excluding carboxylic acids is 6. The number of esters is 6. The largest absolute Gasteiger partial charge is 0.480 e. The summed E-state index contributed by atoms with van der Waals surface area (Å²) in [7, 11) is 2.75. The van der Waals surface area contributed by atoms with Gasteiger partial charge < -0.3 is 57.6 Å². The lowest BCUT2D eigenvalue weighted by molar-refractivity contribution is -0.307. The summed E-state index contributed by atoms with van der Waals surface area (Å²) in [5, 5.41) is 20.4. The smallest absolute Gasteiger partial charge is 0.348 e. The van der Waals surface area contributed by atoms with Gasteiger partial charge in [-0.25, -0.2) is 28.8 Å². The Bertz CT molecular complexity index is 1850. The van der Waals surface area contributed by atoms with Crippen LogP contribution in [0.3, 0.4) is 0 Å². The summed E-state index contributed by atoms with van der Waals surface area (Å²) in [5.74, 6) is -14.0. The molecular weight excluding hydrogens is 732 g/mol. The van der Waals surface area contributed by atoms with Crippen LogP contribution in [0.5, 0.6) is 0 Å². The van der Waals surface area contributed by atoms with E-state index in [0.717, 1.165) is 12.2 Å². The number of aliphatic hydroxyl groups excluding tert-OH is 2. The minimum atomic E-state index is -1.90. The van der Waals surface area contributed by atoms with Crippen LogP contribution in [-0.4, -0.2) is 96.6 Å². The monoisotopic (exact) mass is 770 g/mol. The van der Waals surface area contributed by atoms with Gasteiger partial charge in [0.1, 0.15) is 41.9 Å². The van der Waals surface area contributed by atoms with E-state index in [-0.39, 0.29) is 50.0 Å². The Morgan fingerprint density at radius 2 is 1.04 bits per heavy atom. The molecule has 18 nitrogen and oxygen atoms in total. The molecule has 1 aliphatic carbocycles. The fraction of sp³-hybridized carbons (Fsp3) is 0.405. The van der Waals surface area contributed by atoms with Crippen molar-refractivity contribution < 1.29 is 86.3 Å². The molecular formula is C37H38O18. The van der Waals surface area contributed by atoms with Gasteiger partial charge in [-0.05, 0) is 30.7 Å². The molecule has 0 amide bonds. The molecule has 0 aromatic carbocycles. The van der Waals surface area contributed by atoms with E-state index in [2.05, 4.69) is 0 Å². The van der Waals surface area contributed by atoms with Crippen LogP contribution in [0.4, 0.5) is 0 Å². The summed E-state index contributed by atoms with van der Waals surface area (Å²) in [6.07, 6.45) is 12.4. The Hall–Kier alpha value is -6.14. The molecule has 0 aromatic heterocycles. The van der Waals surface area contributed by atoms with Gasteiger partial charge in [0.05, 0.1) is 0 Å². The number of hydrogen-bond donors (Lipinski definition) is 2. The number of allylic oxidation sites excluding steroid dienone is 8. The third kappa shape index (κ3) is 8.81. The zero-order chi connectivity index (χ0) is 40.0. The molecule has 5 aliphatic rings. The predicted octanol–water partition coefficient (Wildman–Crippen LogP) is 3.03. The van der Waals surface area contributed by atoms with E-state index < -0.39 is 88.4 Å². The van der Waals surface area contributed by atoms with E-state index in [9.17, 15) is 39.0 Å². The first-order chi connectivity index (χ1) is 26.1. The maximum atomic E-state index is 13.0. The molecule has 55 heavy (non-hydrogen) atoms. The highest BCUT2D eigenvalue weighted by Gasteiger charge is 2.59. The number of rotatable bonds is 11. The molecule has 0 radical (unpaired) electrons. The van der Waals surface area contributed by atoms with Crippen LogP contribution < -0.4 is 0 Å². The minimum absolute atomic E-state index is 0.0293. The molecule has 5 rings (SSSR count). The standard InChI is InChI=1S/C37H38O18/c1-5-35(21-47-4)50-28(40)23(29(41)51-35)14-9-7-11-16-25-32(44)54-37(55-33(25)45)18-12-17-36(19-37)52-30(42)24(31(43)53-36)15-10-6-8-13-22-26(38)48-34(2,20-46-3)49-27(22)39/h6-11,13-16,38,40H,5,12,17-21H2,1-4H3/b10-6+,11-7+,13-8+,14-9+,24-15?,25-16?. The summed E-state index contributed by atoms with van der Waals surface area (Å²) in [6.45, 7) is 2.86. The van der Waals surface area contributed by atoms with E-state index >= 15 is 0 Å². The van der Waals surface area contributed by atoms with Gasteiger partial charge in [0, 0.05) is 40.4 Å². The summed E-state index contributed by atoms with van der Waals surface area (Å²) in [5.41, 5.74) is -1.51. The SMILES string of the molecule is CCC1(COC)OC(=O)C(/C=C/C=C/C=C2C(=O)OC3(CCCC4(C3)OC(=O)C(=C/C=C/C=C/C3=C(O)OC(C)(COC)OC3=O)C(=O)O4)OC2=O)=C(O)O1. The van der Waals surface area contributed by atoms with Gasteiger partial charge in [-0.2, -0.15) is 0 Å². The molecule has 3 fully saturated rings. The van der Waals surface area contributed by atoms with Crippen molar-refractivity contribution >= 4 is 35.8 Å². The second-order valence-corrected chi connectivity index (χ2v) is 12.7. The third-order valence-corrected chi connectivity index (χ3v) is 8.54. The Kier molecular flexibility index (Phi) is 11.7. The quantitative estimate of drug-likeness (QED) is 0.101. The minimum Gasteiger partial charge on any atom is -0.480 e. The average molecular weight is 771 g/mol. The van der Waals surface area contributed by atoms with Gasteiger partial charge in [0.15, 0.2) is 0 Å². The fourth-order valence-corrected chi connectivity index (χ4v) is 5.98. The van der Waals surface area contributed by atoms with Crippen LogP contribution in [0.1, 0.15) is 46.0 Å². The third-order valence-electron chi connectivity index (χ3n) is 8.54. The normalized spacial score (nSPS) is 30.1. The first kappa shape index (κ1) is 40.1. The highest BCUT2D eigenvalue weighted by molar-refractivity contribution is 6.16. The Morgan fingerprint density at radius 3 is 1.45 bits per heavy atom.